The third-order valence-electron chi connectivity index (χ3n) is 3.68. The number of methoxy groups -OCH3 is 1. The topological polar surface area (TPSA) is 82.7 Å². The van der Waals surface area contributed by atoms with E-state index in [1.54, 1.807) is 29.2 Å². The number of amides is 4. The Bertz CT molecular complexity index is 812. The van der Waals surface area contributed by atoms with Crippen LogP contribution in [0.15, 0.2) is 42.5 Å². The van der Waals surface area contributed by atoms with Gasteiger partial charge in [-0.1, -0.05) is 6.07 Å². The second-order valence-corrected chi connectivity index (χ2v) is 5.36. The summed E-state index contributed by atoms with van der Waals surface area (Å²) in [5, 5.41) is 8.00. The zero-order chi connectivity index (χ0) is 17.8. The van der Waals surface area contributed by atoms with Crippen molar-refractivity contribution in [3.8, 4) is 5.75 Å². The molecule has 4 amide bonds. The van der Waals surface area contributed by atoms with Gasteiger partial charge >= 0.3 is 12.1 Å². The number of halogens is 1. The van der Waals surface area contributed by atoms with Crippen LogP contribution in [0, 0.1) is 5.82 Å². The number of rotatable bonds is 4. The van der Waals surface area contributed by atoms with Gasteiger partial charge in [0.15, 0.2) is 0 Å². The molecule has 3 rings (SSSR count). The molecule has 8 heteroatoms. The molecule has 0 atom stereocenters. The summed E-state index contributed by atoms with van der Waals surface area (Å²) in [4.78, 5) is 25.5. The van der Waals surface area contributed by atoms with Crippen molar-refractivity contribution >= 4 is 29.1 Å². The van der Waals surface area contributed by atoms with E-state index in [0.29, 0.717) is 30.2 Å². The van der Waals surface area contributed by atoms with Crippen molar-refractivity contribution < 1.29 is 18.7 Å². The predicted octanol–water partition coefficient (Wildman–Crippen LogP) is 3.01. The number of carbonyl (C=O) groups is 2. The molecule has 1 aliphatic rings. The molecule has 25 heavy (non-hydrogen) atoms. The maximum absolute atomic E-state index is 13.2. The Hall–Kier alpha value is -3.29. The fraction of sp³-hybridized carbons (Fsp3) is 0.176. The van der Waals surface area contributed by atoms with Gasteiger partial charge in [0, 0.05) is 30.5 Å². The molecule has 0 bridgehead atoms. The standard InChI is InChI=1S/C17H17FN4O3/c1-25-15-9-11(18)5-6-14(15)21-16(23)20-12-3-2-4-13(10-12)22-8-7-19-17(22)24/h2-6,9-10H,7-8H2,1H3,(H,19,24)(H2,20,21,23). The van der Waals surface area contributed by atoms with Gasteiger partial charge in [-0.25, -0.2) is 14.0 Å². The predicted molar refractivity (Wildman–Crippen MR) is 92.8 cm³/mol. The molecule has 0 spiro atoms. The van der Waals surface area contributed by atoms with Gasteiger partial charge in [0.2, 0.25) is 0 Å². The minimum atomic E-state index is -0.507. The van der Waals surface area contributed by atoms with Crippen molar-refractivity contribution in [3.05, 3.63) is 48.3 Å². The summed E-state index contributed by atoms with van der Waals surface area (Å²) in [6.45, 7) is 1.16. The van der Waals surface area contributed by atoms with Crippen molar-refractivity contribution in [2.24, 2.45) is 0 Å². The van der Waals surface area contributed by atoms with Crippen LogP contribution in [0.3, 0.4) is 0 Å². The van der Waals surface area contributed by atoms with Crippen LogP contribution < -0.4 is 25.6 Å². The van der Waals surface area contributed by atoms with E-state index >= 15 is 0 Å². The fourth-order valence-corrected chi connectivity index (χ4v) is 2.52. The fourth-order valence-electron chi connectivity index (χ4n) is 2.52. The number of nitrogens with one attached hydrogen (secondary N) is 3. The smallest absolute Gasteiger partial charge is 0.323 e. The Balaban J connectivity index is 1.70. The molecule has 130 valence electrons. The first kappa shape index (κ1) is 16.6. The summed E-state index contributed by atoms with van der Waals surface area (Å²) >= 11 is 0. The maximum Gasteiger partial charge on any atom is 0.323 e. The highest BCUT2D eigenvalue weighted by molar-refractivity contribution is 6.01. The van der Waals surface area contributed by atoms with E-state index < -0.39 is 11.8 Å². The van der Waals surface area contributed by atoms with Crippen molar-refractivity contribution in [2.75, 3.05) is 35.7 Å². The van der Waals surface area contributed by atoms with Crippen LogP contribution in [0.2, 0.25) is 0 Å². The second-order valence-electron chi connectivity index (χ2n) is 5.36. The summed E-state index contributed by atoms with van der Waals surface area (Å²) in [5.41, 5.74) is 1.56. The van der Waals surface area contributed by atoms with E-state index in [0.717, 1.165) is 0 Å². The third-order valence-corrected chi connectivity index (χ3v) is 3.68. The Kier molecular flexibility index (Phi) is 4.69. The first-order chi connectivity index (χ1) is 12.1. The minimum Gasteiger partial charge on any atom is -0.494 e. The molecule has 2 aromatic rings. The molecular weight excluding hydrogens is 327 g/mol. The summed E-state index contributed by atoms with van der Waals surface area (Å²) in [6, 6.07) is 10.1. The highest BCUT2D eigenvalue weighted by Gasteiger charge is 2.21. The van der Waals surface area contributed by atoms with E-state index in [9.17, 15) is 14.0 Å². The van der Waals surface area contributed by atoms with Gasteiger partial charge < -0.3 is 20.7 Å². The zero-order valence-corrected chi connectivity index (χ0v) is 13.5. The summed E-state index contributed by atoms with van der Waals surface area (Å²) in [5.74, 6) is -0.239. The number of anilines is 3. The van der Waals surface area contributed by atoms with Gasteiger partial charge in [-0.15, -0.1) is 0 Å². The zero-order valence-electron chi connectivity index (χ0n) is 13.5. The highest BCUT2D eigenvalue weighted by atomic mass is 19.1. The van der Waals surface area contributed by atoms with Gasteiger partial charge in [0.1, 0.15) is 11.6 Å². The monoisotopic (exact) mass is 344 g/mol. The average Bonchev–Trinajstić information content (AvgIpc) is 3.02. The average molecular weight is 344 g/mol. The second kappa shape index (κ2) is 7.08. The molecule has 1 fully saturated rings. The Morgan fingerprint density at radius 3 is 2.80 bits per heavy atom. The van der Waals surface area contributed by atoms with Crippen LogP contribution in [0.5, 0.6) is 5.75 Å². The van der Waals surface area contributed by atoms with E-state index in [1.807, 2.05) is 0 Å². The Labute approximate surface area is 143 Å². The van der Waals surface area contributed by atoms with Gasteiger partial charge in [-0.05, 0) is 30.3 Å². The number of urea groups is 2. The molecule has 0 aliphatic carbocycles. The van der Waals surface area contributed by atoms with Gasteiger partial charge in [0.05, 0.1) is 12.8 Å². The number of nitrogens with zero attached hydrogens (tertiary/aromatic N) is 1. The van der Waals surface area contributed by atoms with E-state index in [-0.39, 0.29) is 11.8 Å². The van der Waals surface area contributed by atoms with Gasteiger partial charge in [0.25, 0.3) is 0 Å². The number of ether oxygens (including phenoxy) is 1. The van der Waals surface area contributed by atoms with Crippen molar-refractivity contribution in [2.45, 2.75) is 0 Å². The van der Waals surface area contributed by atoms with Crippen LogP contribution in [0.25, 0.3) is 0 Å². The maximum atomic E-state index is 13.2. The van der Waals surface area contributed by atoms with Crippen molar-refractivity contribution in [1.82, 2.24) is 5.32 Å². The molecule has 0 unspecified atom stereocenters. The lowest BCUT2D eigenvalue weighted by Gasteiger charge is -2.16. The van der Waals surface area contributed by atoms with Crippen LogP contribution in [0.4, 0.5) is 31.0 Å². The lowest BCUT2D eigenvalue weighted by Crippen LogP contribution is -2.27. The lowest BCUT2D eigenvalue weighted by molar-refractivity contribution is 0.252. The normalized spacial score (nSPS) is 13.4. The first-order valence-electron chi connectivity index (χ1n) is 7.64. The Morgan fingerprint density at radius 2 is 2.08 bits per heavy atom. The third kappa shape index (κ3) is 3.79. The lowest BCUT2D eigenvalue weighted by atomic mass is 10.2. The minimum absolute atomic E-state index is 0.169. The number of benzene rings is 2. The summed E-state index contributed by atoms with van der Waals surface area (Å²) in [6.07, 6.45) is 0. The number of carbonyl (C=O) groups excluding carboxylic acids is 2. The molecule has 0 saturated carbocycles. The number of hydrogen-bond donors (Lipinski definition) is 3. The quantitative estimate of drug-likeness (QED) is 0.797. The van der Waals surface area contributed by atoms with Crippen molar-refractivity contribution in [3.63, 3.8) is 0 Å². The molecule has 1 heterocycles. The van der Waals surface area contributed by atoms with E-state index in [1.165, 1.54) is 25.3 Å². The molecule has 7 nitrogen and oxygen atoms in total. The van der Waals surface area contributed by atoms with Crippen LogP contribution in [-0.2, 0) is 0 Å². The molecule has 0 aromatic heterocycles. The molecule has 3 N–H and O–H groups in total. The molecule has 2 aromatic carbocycles. The van der Waals surface area contributed by atoms with Crippen LogP contribution in [0.1, 0.15) is 0 Å². The number of hydrogen-bond acceptors (Lipinski definition) is 3. The largest absolute Gasteiger partial charge is 0.494 e. The molecular formula is C17H17FN4O3. The van der Waals surface area contributed by atoms with Crippen LogP contribution in [-0.4, -0.2) is 32.3 Å². The van der Waals surface area contributed by atoms with E-state index in [2.05, 4.69) is 16.0 Å². The van der Waals surface area contributed by atoms with E-state index in [4.69, 9.17) is 4.74 Å². The SMILES string of the molecule is COc1cc(F)ccc1NC(=O)Nc1cccc(N2CCNC2=O)c1. The summed E-state index contributed by atoms with van der Waals surface area (Å²) in [7, 11) is 1.39. The van der Waals surface area contributed by atoms with Gasteiger partial charge in [-0.3, -0.25) is 4.90 Å². The highest BCUT2D eigenvalue weighted by Crippen LogP contribution is 2.25. The molecule has 1 aliphatic heterocycles. The summed E-state index contributed by atoms with van der Waals surface area (Å²) < 4.78 is 18.2. The van der Waals surface area contributed by atoms with Gasteiger partial charge in [-0.2, -0.15) is 0 Å². The molecule has 0 radical (unpaired) electrons. The van der Waals surface area contributed by atoms with Crippen molar-refractivity contribution in [1.29, 1.82) is 0 Å². The van der Waals surface area contributed by atoms with Crippen LogP contribution >= 0.6 is 0 Å². The first-order valence-corrected chi connectivity index (χ1v) is 7.64. The molecule has 1 saturated heterocycles. The Morgan fingerprint density at radius 1 is 1.24 bits per heavy atom.